The van der Waals surface area contributed by atoms with Crippen molar-refractivity contribution in [2.75, 3.05) is 23.8 Å². The van der Waals surface area contributed by atoms with E-state index in [1.807, 2.05) is 32.0 Å². The minimum atomic E-state index is -0.262. The molecular weight excluding hydrogens is 216 g/mol. The quantitative estimate of drug-likeness (QED) is 0.799. The van der Waals surface area contributed by atoms with Gasteiger partial charge < -0.3 is 10.5 Å². The van der Waals surface area contributed by atoms with E-state index in [9.17, 15) is 4.79 Å². The Balaban J connectivity index is 2.08. The van der Waals surface area contributed by atoms with Gasteiger partial charge in [0.15, 0.2) is 0 Å². The molecule has 2 rings (SSSR count). The summed E-state index contributed by atoms with van der Waals surface area (Å²) in [5.41, 5.74) is 8.49. The number of nitrogen functional groups attached to an aromatic ring is 1. The summed E-state index contributed by atoms with van der Waals surface area (Å²) in [5, 5.41) is 0. The molecular formula is C13H18N2O2. The van der Waals surface area contributed by atoms with E-state index >= 15 is 0 Å². The van der Waals surface area contributed by atoms with Crippen molar-refractivity contribution in [2.45, 2.75) is 20.3 Å². The first-order valence-corrected chi connectivity index (χ1v) is 5.90. The van der Waals surface area contributed by atoms with Gasteiger partial charge in [0.1, 0.15) is 0 Å². The van der Waals surface area contributed by atoms with Crippen LogP contribution in [0.2, 0.25) is 0 Å². The fourth-order valence-corrected chi connectivity index (χ4v) is 1.93. The van der Waals surface area contributed by atoms with Crippen LogP contribution in [0.4, 0.5) is 16.2 Å². The number of ether oxygens (including phenoxy) is 1. The van der Waals surface area contributed by atoms with Crippen LogP contribution >= 0.6 is 0 Å². The number of rotatable bonds is 2. The van der Waals surface area contributed by atoms with Crippen molar-refractivity contribution in [1.29, 1.82) is 0 Å². The van der Waals surface area contributed by atoms with Gasteiger partial charge in [-0.25, -0.2) is 4.79 Å². The van der Waals surface area contributed by atoms with E-state index in [0.29, 0.717) is 19.1 Å². The summed E-state index contributed by atoms with van der Waals surface area (Å²) >= 11 is 0. The van der Waals surface area contributed by atoms with E-state index in [2.05, 4.69) is 0 Å². The molecule has 0 aromatic heterocycles. The van der Waals surface area contributed by atoms with Gasteiger partial charge in [-0.05, 0) is 36.1 Å². The summed E-state index contributed by atoms with van der Waals surface area (Å²) in [5.74, 6) is 0.354. The van der Waals surface area contributed by atoms with E-state index < -0.39 is 0 Å². The van der Waals surface area contributed by atoms with E-state index in [1.165, 1.54) is 0 Å². The van der Waals surface area contributed by atoms with Crippen LogP contribution in [0.1, 0.15) is 19.4 Å². The summed E-state index contributed by atoms with van der Waals surface area (Å²) in [6.45, 7) is 5.17. The molecule has 0 spiro atoms. The predicted octanol–water partition coefficient (Wildman–Crippen LogP) is 2.42. The maximum Gasteiger partial charge on any atom is 0.414 e. The highest BCUT2D eigenvalue weighted by molar-refractivity contribution is 5.90. The fourth-order valence-electron chi connectivity index (χ4n) is 1.93. The van der Waals surface area contributed by atoms with E-state index in [4.69, 9.17) is 10.5 Å². The zero-order valence-electron chi connectivity index (χ0n) is 10.3. The molecule has 1 heterocycles. The number of carbonyl (C=O) groups is 1. The standard InChI is InChI=1S/C13H18N2O2/c1-9(2)8-17-13(16)15-6-5-10-7-11(14)3-4-12(10)15/h3-4,7,9H,5-6,8,14H2,1-2H3. The minimum Gasteiger partial charge on any atom is -0.449 e. The molecule has 0 bridgehead atoms. The molecule has 1 amide bonds. The van der Waals surface area contributed by atoms with Crippen LogP contribution in [0.15, 0.2) is 18.2 Å². The Hall–Kier alpha value is -1.71. The van der Waals surface area contributed by atoms with Crippen molar-refractivity contribution in [2.24, 2.45) is 5.92 Å². The van der Waals surface area contributed by atoms with Crippen molar-refractivity contribution in [3.63, 3.8) is 0 Å². The van der Waals surface area contributed by atoms with Gasteiger partial charge in [0.05, 0.1) is 12.3 Å². The van der Waals surface area contributed by atoms with Gasteiger partial charge in [0, 0.05) is 12.2 Å². The molecule has 0 radical (unpaired) electrons. The van der Waals surface area contributed by atoms with E-state index in [-0.39, 0.29) is 6.09 Å². The lowest BCUT2D eigenvalue weighted by Crippen LogP contribution is -2.30. The second-order valence-corrected chi connectivity index (χ2v) is 4.76. The third-order valence-corrected chi connectivity index (χ3v) is 2.76. The largest absolute Gasteiger partial charge is 0.449 e. The third-order valence-electron chi connectivity index (χ3n) is 2.76. The first-order chi connectivity index (χ1) is 8.08. The monoisotopic (exact) mass is 234 g/mol. The molecule has 4 heteroatoms. The average molecular weight is 234 g/mol. The van der Waals surface area contributed by atoms with Crippen LogP contribution in [0.3, 0.4) is 0 Å². The van der Waals surface area contributed by atoms with Gasteiger partial charge in [0.25, 0.3) is 0 Å². The fraction of sp³-hybridized carbons (Fsp3) is 0.462. The number of anilines is 2. The topological polar surface area (TPSA) is 55.6 Å². The summed E-state index contributed by atoms with van der Waals surface area (Å²) in [6.07, 6.45) is 0.583. The molecule has 0 fully saturated rings. The second-order valence-electron chi connectivity index (χ2n) is 4.76. The minimum absolute atomic E-state index is 0.262. The summed E-state index contributed by atoms with van der Waals surface area (Å²) in [4.78, 5) is 13.5. The maximum absolute atomic E-state index is 11.9. The van der Waals surface area contributed by atoms with Crippen molar-refractivity contribution < 1.29 is 9.53 Å². The molecule has 0 atom stereocenters. The smallest absolute Gasteiger partial charge is 0.414 e. The number of benzene rings is 1. The van der Waals surface area contributed by atoms with Crippen molar-refractivity contribution in [3.8, 4) is 0 Å². The average Bonchev–Trinajstić information content (AvgIpc) is 2.68. The lowest BCUT2D eigenvalue weighted by atomic mass is 10.1. The van der Waals surface area contributed by atoms with Crippen LogP contribution in [-0.4, -0.2) is 19.2 Å². The van der Waals surface area contributed by atoms with Crippen LogP contribution in [0, 0.1) is 5.92 Å². The number of nitrogens with zero attached hydrogens (tertiary/aromatic N) is 1. The summed E-state index contributed by atoms with van der Waals surface area (Å²) < 4.78 is 5.23. The van der Waals surface area contributed by atoms with Crippen LogP contribution < -0.4 is 10.6 Å². The van der Waals surface area contributed by atoms with E-state index in [1.54, 1.807) is 4.90 Å². The van der Waals surface area contributed by atoms with Gasteiger partial charge in [-0.15, -0.1) is 0 Å². The Kier molecular flexibility index (Phi) is 3.22. The molecule has 0 saturated carbocycles. The van der Waals surface area contributed by atoms with Gasteiger partial charge in [-0.3, -0.25) is 4.90 Å². The maximum atomic E-state index is 11.9. The van der Waals surface area contributed by atoms with Crippen LogP contribution in [-0.2, 0) is 11.2 Å². The normalized spacial score (nSPS) is 13.9. The first-order valence-electron chi connectivity index (χ1n) is 5.90. The molecule has 92 valence electrons. The second kappa shape index (κ2) is 4.65. The zero-order valence-corrected chi connectivity index (χ0v) is 10.3. The number of hydrogen-bond donors (Lipinski definition) is 1. The Morgan fingerprint density at radius 2 is 2.29 bits per heavy atom. The number of carbonyl (C=O) groups excluding carboxylic acids is 1. The molecule has 1 aromatic carbocycles. The van der Waals surface area contributed by atoms with Crippen molar-refractivity contribution >= 4 is 17.5 Å². The number of amides is 1. The summed E-state index contributed by atoms with van der Waals surface area (Å²) in [6, 6.07) is 5.62. The van der Waals surface area contributed by atoms with Gasteiger partial charge in [-0.2, -0.15) is 0 Å². The Morgan fingerprint density at radius 3 is 3.00 bits per heavy atom. The Morgan fingerprint density at radius 1 is 1.53 bits per heavy atom. The van der Waals surface area contributed by atoms with Crippen molar-refractivity contribution in [1.82, 2.24) is 0 Å². The molecule has 2 N–H and O–H groups in total. The van der Waals surface area contributed by atoms with Crippen LogP contribution in [0.25, 0.3) is 0 Å². The van der Waals surface area contributed by atoms with Crippen LogP contribution in [0.5, 0.6) is 0 Å². The highest BCUT2D eigenvalue weighted by Crippen LogP contribution is 2.30. The third kappa shape index (κ3) is 2.52. The molecule has 0 aliphatic carbocycles. The molecule has 1 aromatic rings. The number of hydrogen-bond acceptors (Lipinski definition) is 3. The highest BCUT2D eigenvalue weighted by atomic mass is 16.6. The lowest BCUT2D eigenvalue weighted by Gasteiger charge is -2.18. The Bertz CT molecular complexity index is 429. The molecule has 1 aliphatic heterocycles. The highest BCUT2D eigenvalue weighted by Gasteiger charge is 2.25. The van der Waals surface area contributed by atoms with Crippen molar-refractivity contribution in [3.05, 3.63) is 23.8 Å². The zero-order chi connectivity index (χ0) is 12.4. The molecule has 1 aliphatic rings. The molecule has 0 saturated heterocycles. The molecule has 4 nitrogen and oxygen atoms in total. The lowest BCUT2D eigenvalue weighted by molar-refractivity contribution is 0.140. The Labute approximate surface area is 101 Å². The predicted molar refractivity (Wildman–Crippen MR) is 68.1 cm³/mol. The van der Waals surface area contributed by atoms with Gasteiger partial charge in [0.2, 0.25) is 0 Å². The first kappa shape index (κ1) is 11.8. The van der Waals surface area contributed by atoms with E-state index in [0.717, 1.165) is 23.4 Å². The SMILES string of the molecule is CC(C)COC(=O)N1CCc2cc(N)ccc21. The molecule has 17 heavy (non-hydrogen) atoms. The number of nitrogens with two attached hydrogens (primary N) is 1. The van der Waals surface area contributed by atoms with Gasteiger partial charge in [-0.1, -0.05) is 13.8 Å². The summed E-state index contributed by atoms with van der Waals surface area (Å²) in [7, 11) is 0. The number of fused-ring (bicyclic) bond motifs is 1. The molecule has 0 unspecified atom stereocenters. The van der Waals surface area contributed by atoms with Gasteiger partial charge >= 0.3 is 6.09 Å².